The van der Waals surface area contributed by atoms with Crippen molar-refractivity contribution in [1.82, 2.24) is 24.1 Å². The second kappa shape index (κ2) is 21.8. The molecule has 3 heterocycles. The zero-order valence-electron chi connectivity index (χ0n) is 59.5. The van der Waals surface area contributed by atoms with Crippen molar-refractivity contribution in [1.29, 1.82) is 5.26 Å². The first-order chi connectivity index (χ1) is 46.5. The van der Waals surface area contributed by atoms with Gasteiger partial charge in [-0.1, -0.05) is 226 Å². The van der Waals surface area contributed by atoms with Crippen LogP contribution in [0.2, 0.25) is 0 Å². The molecule has 3 aromatic heterocycles. The fourth-order valence-electron chi connectivity index (χ4n) is 15.8. The molecule has 0 saturated heterocycles. The van der Waals surface area contributed by atoms with Gasteiger partial charge in [0.1, 0.15) is 0 Å². The summed E-state index contributed by atoms with van der Waals surface area (Å²) in [5.41, 5.74) is 28.2. The Kier molecular flexibility index (Phi) is 13.8. The van der Waals surface area contributed by atoms with E-state index in [2.05, 4.69) is 332 Å². The molecule has 0 spiro atoms. The van der Waals surface area contributed by atoms with Gasteiger partial charge in [-0.2, -0.15) is 5.26 Å². The number of para-hydroxylation sites is 2. The van der Waals surface area contributed by atoms with Crippen molar-refractivity contribution in [3.05, 3.63) is 268 Å². The van der Waals surface area contributed by atoms with E-state index in [0.29, 0.717) is 23.0 Å². The van der Waals surface area contributed by atoms with Crippen LogP contribution in [0.15, 0.2) is 218 Å². The van der Waals surface area contributed by atoms with Gasteiger partial charge in [-0.25, -0.2) is 15.0 Å². The van der Waals surface area contributed by atoms with Gasteiger partial charge < -0.3 is 9.13 Å². The number of benzene rings is 11. The smallest absolute Gasteiger partial charge is 0.164 e. The predicted octanol–water partition coefficient (Wildman–Crippen LogP) is 24.1. The minimum absolute atomic E-state index is 0.156. The molecule has 0 unspecified atom stereocenters. The molecule has 0 saturated carbocycles. The van der Waals surface area contributed by atoms with Crippen molar-refractivity contribution in [2.75, 3.05) is 0 Å². The average molecular weight is 1270 g/mol. The summed E-state index contributed by atoms with van der Waals surface area (Å²) in [6.07, 6.45) is 0. The molecule has 11 aromatic carbocycles. The Bertz CT molecular complexity index is 5570. The normalized spacial score (nSPS) is 14.1. The van der Waals surface area contributed by atoms with E-state index in [-0.39, 0.29) is 32.5 Å². The van der Waals surface area contributed by atoms with Gasteiger partial charge in [-0.15, -0.1) is 0 Å². The Labute approximate surface area is 577 Å². The summed E-state index contributed by atoms with van der Waals surface area (Å²) >= 11 is 0. The summed E-state index contributed by atoms with van der Waals surface area (Å²) in [7, 11) is 0. The molecule has 2 aliphatic carbocycles. The molecule has 0 fully saturated rings. The molecule has 14 aromatic rings. The topological polar surface area (TPSA) is 72.3 Å². The molecular weight excluding hydrogens is 1190 g/mol. The lowest BCUT2D eigenvalue weighted by molar-refractivity contribution is 0.568. The molecule has 0 N–H and O–H groups in total. The van der Waals surface area contributed by atoms with Crippen molar-refractivity contribution in [3.63, 3.8) is 0 Å². The van der Waals surface area contributed by atoms with E-state index >= 15 is 0 Å². The summed E-state index contributed by atoms with van der Waals surface area (Å²) in [4.78, 5) is 17.1. The molecule has 482 valence electrons. The quantitative estimate of drug-likeness (QED) is 0.159. The van der Waals surface area contributed by atoms with Gasteiger partial charge in [-0.05, 0) is 203 Å². The molecule has 0 aliphatic heterocycles. The van der Waals surface area contributed by atoms with E-state index in [1.807, 2.05) is 12.1 Å². The minimum atomic E-state index is -0.252. The summed E-state index contributed by atoms with van der Waals surface area (Å²) in [5, 5.41) is 14.9. The molecule has 0 atom stereocenters. The average Bonchev–Trinajstić information content (AvgIpc) is 1.55. The second-order valence-electron chi connectivity index (χ2n) is 32.9. The third-order valence-electron chi connectivity index (χ3n) is 21.6. The van der Waals surface area contributed by atoms with Crippen LogP contribution in [0.1, 0.15) is 161 Å². The maximum Gasteiger partial charge on any atom is 0.164 e. The fraction of sp³-hybridized carbons (Fsp3) is 0.239. The first-order valence-electron chi connectivity index (χ1n) is 34.8. The monoisotopic (exact) mass is 1270 g/mol. The summed E-state index contributed by atoms with van der Waals surface area (Å²) in [6.45, 7) is 37.0. The van der Waals surface area contributed by atoms with Crippen LogP contribution in [0.3, 0.4) is 0 Å². The Morgan fingerprint density at radius 2 is 0.653 bits per heavy atom. The highest BCUT2D eigenvalue weighted by molar-refractivity contribution is 6.14. The summed E-state index contributed by atoms with van der Waals surface area (Å²) < 4.78 is 5.06. The van der Waals surface area contributed by atoms with Crippen LogP contribution in [-0.4, -0.2) is 24.1 Å². The van der Waals surface area contributed by atoms with Crippen molar-refractivity contribution in [2.24, 2.45) is 0 Å². The van der Waals surface area contributed by atoms with Crippen molar-refractivity contribution >= 4 is 43.6 Å². The molecule has 0 amide bonds. The highest BCUT2D eigenvalue weighted by Gasteiger charge is 2.39. The third kappa shape index (κ3) is 9.97. The van der Waals surface area contributed by atoms with E-state index in [1.165, 1.54) is 88.3 Å². The van der Waals surface area contributed by atoms with Gasteiger partial charge in [0.2, 0.25) is 0 Å². The highest BCUT2D eigenvalue weighted by atomic mass is 15.0. The Hall–Kier alpha value is -10.5. The number of nitriles is 1. The van der Waals surface area contributed by atoms with Gasteiger partial charge >= 0.3 is 0 Å². The SMILES string of the molecule is CC(C)(C)c1cc(-c2nc(-c3cc(C(C)(C)C)cc(C(C)(C)C)c3)nc(-c3ccc(-n4c5ccccc5c5cc6c(cc54)C(C)(C)c4ccccc4-6)c(-c4cc(-c5ccc(C#N)cc5)ccc4-n4c5ccccc5c5cc6c(cc54)C(C)(C)c4ccccc4-6)c3)n2)cc(C(C)(C)C)c1. The largest absolute Gasteiger partial charge is 0.309 e. The van der Waals surface area contributed by atoms with Crippen molar-refractivity contribution < 1.29 is 0 Å². The van der Waals surface area contributed by atoms with Crippen LogP contribution in [-0.2, 0) is 32.5 Å². The molecular formula is C92H84N6. The van der Waals surface area contributed by atoms with Crippen LogP contribution < -0.4 is 0 Å². The maximum atomic E-state index is 10.1. The Morgan fingerprint density at radius 1 is 0.296 bits per heavy atom. The fourth-order valence-corrected chi connectivity index (χ4v) is 15.8. The summed E-state index contributed by atoms with van der Waals surface area (Å²) in [5.74, 6) is 1.82. The summed E-state index contributed by atoms with van der Waals surface area (Å²) in [6, 6.07) is 84.0. The second-order valence-corrected chi connectivity index (χ2v) is 32.9. The molecule has 0 bridgehead atoms. The zero-order valence-corrected chi connectivity index (χ0v) is 59.5. The number of rotatable bonds is 7. The standard InChI is InChI=1S/C92H84N6/c1-87(2,3)60-41-58(42-61(47-60)88(4,5)6)85-94-84(95-86(96-85)59-43-62(89(7,8)9)48-63(44-59)90(10,11)12)57-38-40-81(98-79-32-24-20-28-67(79)73-50-69-65-26-18-22-30-75(65)92(15,16)77(69)52-83(73)98)71(46-57)70-45-56(55-35-33-54(53-93)34-36-55)37-39-80(70)97-78-31-23-19-27-66(78)72-49-68-64-25-17-21-29-74(64)91(13,14)76(68)51-82(72)97/h17-52H,1-16H3. The van der Waals surface area contributed by atoms with Crippen LogP contribution in [0.4, 0.5) is 0 Å². The molecule has 16 rings (SSSR count). The molecule has 6 nitrogen and oxygen atoms in total. The van der Waals surface area contributed by atoms with Crippen LogP contribution >= 0.6 is 0 Å². The van der Waals surface area contributed by atoms with Crippen molar-refractivity contribution in [3.8, 4) is 96.1 Å². The van der Waals surface area contributed by atoms with E-state index in [4.69, 9.17) is 15.0 Å². The molecule has 98 heavy (non-hydrogen) atoms. The first-order valence-corrected chi connectivity index (χ1v) is 34.8. The first kappa shape index (κ1) is 62.3. The highest BCUT2D eigenvalue weighted by Crippen LogP contribution is 2.54. The lowest BCUT2D eigenvalue weighted by Crippen LogP contribution is -2.17. The van der Waals surface area contributed by atoms with Gasteiger partial charge in [0.25, 0.3) is 0 Å². The maximum absolute atomic E-state index is 10.1. The predicted molar refractivity (Wildman–Crippen MR) is 410 cm³/mol. The number of hydrogen-bond acceptors (Lipinski definition) is 4. The van der Waals surface area contributed by atoms with E-state index < -0.39 is 0 Å². The van der Waals surface area contributed by atoms with Gasteiger partial charge in [0.05, 0.1) is 45.1 Å². The van der Waals surface area contributed by atoms with Crippen molar-refractivity contribution in [2.45, 2.75) is 143 Å². The van der Waals surface area contributed by atoms with E-state index in [1.54, 1.807) is 0 Å². The van der Waals surface area contributed by atoms with Gasteiger partial charge in [-0.3, -0.25) is 0 Å². The number of fused-ring (bicyclic) bond motifs is 12. The third-order valence-corrected chi connectivity index (χ3v) is 21.6. The Balaban J connectivity index is 1.04. The van der Waals surface area contributed by atoms with Crippen LogP contribution in [0.25, 0.3) is 134 Å². The van der Waals surface area contributed by atoms with E-state index in [0.717, 1.165) is 72.4 Å². The molecule has 6 heteroatoms. The van der Waals surface area contributed by atoms with Gasteiger partial charge in [0.15, 0.2) is 17.5 Å². The lowest BCUT2D eigenvalue weighted by Gasteiger charge is -2.26. The molecule has 0 radical (unpaired) electrons. The lowest BCUT2D eigenvalue weighted by atomic mass is 9.79. The number of hydrogen-bond donors (Lipinski definition) is 0. The molecule has 2 aliphatic rings. The van der Waals surface area contributed by atoms with E-state index in [9.17, 15) is 5.26 Å². The van der Waals surface area contributed by atoms with Gasteiger partial charge in [0, 0.05) is 60.2 Å². The number of nitrogens with zero attached hydrogens (tertiary/aromatic N) is 6. The van der Waals surface area contributed by atoms with Crippen LogP contribution in [0, 0.1) is 11.3 Å². The number of aromatic nitrogens is 5. The van der Waals surface area contributed by atoms with Crippen LogP contribution in [0.5, 0.6) is 0 Å². The zero-order chi connectivity index (χ0) is 68.5. The Morgan fingerprint density at radius 3 is 1.06 bits per heavy atom. The minimum Gasteiger partial charge on any atom is -0.309 e.